The first kappa shape index (κ1) is 34.4. The van der Waals surface area contributed by atoms with Crippen LogP contribution in [0.5, 0.6) is 0 Å². The van der Waals surface area contributed by atoms with Crippen LogP contribution in [0.25, 0.3) is 0 Å². The molecule has 0 bridgehead atoms. The summed E-state index contributed by atoms with van der Waals surface area (Å²) in [5.41, 5.74) is 22.0. The van der Waals surface area contributed by atoms with Crippen molar-refractivity contribution in [3.8, 4) is 0 Å². The Labute approximate surface area is 223 Å². The molecule has 12 N–H and O–H groups in total. The number of carbonyl (C=O) groups is 4. The Morgan fingerprint density at radius 1 is 0.919 bits per heavy atom. The van der Waals surface area contributed by atoms with Crippen molar-refractivity contribution in [2.75, 3.05) is 25.1 Å². The van der Waals surface area contributed by atoms with Crippen LogP contribution in [0.4, 0.5) is 0 Å². The maximum absolute atomic E-state index is 13.2. The third kappa shape index (κ3) is 14.7. The van der Waals surface area contributed by atoms with E-state index >= 15 is 0 Å². The summed E-state index contributed by atoms with van der Waals surface area (Å²) in [6.45, 7) is 4.44. The first-order chi connectivity index (χ1) is 17.5. The number of guanidine groups is 1. The SMILES string of the molecule is CCC(C)C(NC(=O)C(N)CCCN=C(N)N)C(=O)NC(CCSC)C(=O)NC(CCCCN)C(=O)O. The van der Waals surface area contributed by atoms with E-state index in [4.69, 9.17) is 22.9 Å². The minimum atomic E-state index is -1.15. The number of nitrogens with one attached hydrogen (secondary N) is 3. The molecule has 13 nitrogen and oxygen atoms in total. The fourth-order valence-corrected chi connectivity index (χ4v) is 3.87. The summed E-state index contributed by atoms with van der Waals surface area (Å²) in [6, 6.07) is -3.84. The molecule has 0 aliphatic heterocycles. The molecule has 5 atom stereocenters. The van der Waals surface area contributed by atoms with Crippen molar-refractivity contribution in [1.29, 1.82) is 0 Å². The fraction of sp³-hybridized carbons (Fsp3) is 0.783. The van der Waals surface area contributed by atoms with Gasteiger partial charge in [0, 0.05) is 6.54 Å². The Morgan fingerprint density at radius 3 is 2.11 bits per heavy atom. The zero-order valence-electron chi connectivity index (χ0n) is 22.2. The zero-order chi connectivity index (χ0) is 28.4. The minimum Gasteiger partial charge on any atom is -0.480 e. The molecule has 0 radical (unpaired) electrons. The molecule has 0 fully saturated rings. The van der Waals surface area contributed by atoms with Gasteiger partial charge in [0.15, 0.2) is 5.96 Å². The van der Waals surface area contributed by atoms with Gasteiger partial charge in [-0.3, -0.25) is 19.4 Å². The molecule has 14 heteroatoms. The highest BCUT2D eigenvalue weighted by Gasteiger charge is 2.32. The van der Waals surface area contributed by atoms with Crippen LogP contribution < -0.4 is 38.9 Å². The molecular formula is C23H46N8O5S. The van der Waals surface area contributed by atoms with Crippen LogP contribution in [0.15, 0.2) is 4.99 Å². The normalized spacial score (nSPS) is 14.9. The van der Waals surface area contributed by atoms with E-state index in [0.717, 1.165) is 0 Å². The molecule has 214 valence electrons. The van der Waals surface area contributed by atoms with Crippen LogP contribution in [-0.2, 0) is 19.2 Å². The van der Waals surface area contributed by atoms with Crippen molar-refractivity contribution in [3.05, 3.63) is 0 Å². The number of rotatable bonds is 20. The number of carbonyl (C=O) groups excluding carboxylic acids is 3. The summed E-state index contributed by atoms with van der Waals surface area (Å²) in [6.07, 6.45) is 4.95. The van der Waals surface area contributed by atoms with Crippen LogP contribution >= 0.6 is 11.8 Å². The number of thioether (sulfide) groups is 1. The van der Waals surface area contributed by atoms with Gasteiger partial charge in [0.05, 0.1) is 6.04 Å². The number of unbranched alkanes of at least 4 members (excludes halogenated alkanes) is 1. The standard InChI is InChI=1S/C23H46N8O5S/c1-4-14(2)18(31-19(32)15(25)8-7-12-28-23(26)27)21(34)29-16(10-13-37-3)20(33)30-17(22(35)36)9-5-6-11-24/h14-18H,4-13,24-25H2,1-3H3,(H,29,34)(H,30,33)(H,31,32)(H,35,36)(H4,26,27,28). The van der Waals surface area contributed by atoms with E-state index in [9.17, 15) is 24.3 Å². The van der Waals surface area contributed by atoms with Gasteiger partial charge in [-0.1, -0.05) is 20.3 Å². The topological polar surface area (TPSA) is 241 Å². The Hall–Kier alpha value is -2.58. The zero-order valence-corrected chi connectivity index (χ0v) is 23.0. The molecule has 0 spiro atoms. The van der Waals surface area contributed by atoms with Gasteiger partial charge >= 0.3 is 5.97 Å². The quantitative estimate of drug-likeness (QED) is 0.0517. The maximum atomic E-state index is 13.2. The van der Waals surface area contributed by atoms with E-state index in [1.165, 1.54) is 11.8 Å². The van der Waals surface area contributed by atoms with E-state index in [1.807, 2.05) is 20.1 Å². The van der Waals surface area contributed by atoms with E-state index in [-0.39, 0.29) is 18.3 Å². The molecule has 0 rings (SSSR count). The van der Waals surface area contributed by atoms with Crippen LogP contribution in [0.1, 0.15) is 58.8 Å². The first-order valence-corrected chi connectivity index (χ1v) is 14.0. The predicted molar refractivity (Wildman–Crippen MR) is 147 cm³/mol. The summed E-state index contributed by atoms with van der Waals surface area (Å²) in [7, 11) is 0. The minimum absolute atomic E-state index is 0.0446. The lowest BCUT2D eigenvalue weighted by molar-refractivity contribution is -0.142. The molecule has 0 aliphatic rings. The van der Waals surface area contributed by atoms with Crippen molar-refractivity contribution in [3.63, 3.8) is 0 Å². The van der Waals surface area contributed by atoms with E-state index in [2.05, 4.69) is 20.9 Å². The van der Waals surface area contributed by atoms with Crippen LogP contribution in [0.3, 0.4) is 0 Å². The second-order valence-electron chi connectivity index (χ2n) is 8.95. The highest BCUT2D eigenvalue weighted by molar-refractivity contribution is 7.98. The number of hydrogen-bond acceptors (Lipinski definition) is 8. The number of carboxylic acid groups (broad SMARTS) is 1. The monoisotopic (exact) mass is 546 g/mol. The third-order valence-electron chi connectivity index (χ3n) is 5.90. The number of nitrogens with zero attached hydrogens (tertiary/aromatic N) is 1. The Balaban J connectivity index is 5.38. The molecule has 0 saturated carbocycles. The van der Waals surface area contributed by atoms with E-state index < -0.39 is 47.9 Å². The van der Waals surface area contributed by atoms with Gasteiger partial charge < -0.3 is 44.0 Å². The van der Waals surface area contributed by atoms with Gasteiger partial charge in [0.25, 0.3) is 0 Å². The van der Waals surface area contributed by atoms with Gasteiger partial charge in [-0.25, -0.2) is 4.79 Å². The molecule has 0 aromatic carbocycles. The van der Waals surface area contributed by atoms with Crippen molar-refractivity contribution < 1.29 is 24.3 Å². The van der Waals surface area contributed by atoms with Gasteiger partial charge in [-0.2, -0.15) is 11.8 Å². The molecule has 37 heavy (non-hydrogen) atoms. The maximum Gasteiger partial charge on any atom is 0.326 e. The molecule has 0 aromatic rings. The molecular weight excluding hydrogens is 500 g/mol. The summed E-state index contributed by atoms with van der Waals surface area (Å²) in [4.78, 5) is 54.3. The summed E-state index contributed by atoms with van der Waals surface area (Å²) in [5, 5.41) is 17.4. The van der Waals surface area contributed by atoms with Crippen molar-refractivity contribution >= 4 is 41.4 Å². The van der Waals surface area contributed by atoms with Crippen molar-refractivity contribution in [2.45, 2.75) is 83.0 Å². The van der Waals surface area contributed by atoms with E-state index in [0.29, 0.717) is 57.4 Å². The smallest absolute Gasteiger partial charge is 0.326 e. The number of aliphatic imine (C=N–C) groups is 1. The lowest BCUT2D eigenvalue weighted by Gasteiger charge is -2.28. The molecule has 0 saturated heterocycles. The van der Waals surface area contributed by atoms with Gasteiger partial charge in [-0.15, -0.1) is 0 Å². The average Bonchev–Trinajstić information content (AvgIpc) is 2.85. The highest BCUT2D eigenvalue weighted by Crippen LogP contribution is 2.11. The number of carboxylic acids is 1. The number of nitrogens with two attached hydrogens (primary N) is 4. The Kier molecular flexibility index (Phi) is 18.2. The van der Waals surface area contributed by atoms with E-state index in [1.54, 1.807) is 0 Å². The average molecular weight is 547 g/mol. The number of hydrogen-bond donors (Lipinski definition) is 8. The van der Waals surface area contributed by atoms with Gasteiger partial charge in [-0.05, 0) is 63.0 Å². The number of aliphatic carboxylic acids is 1. The van der Waals surface area contributed by atoms with Crippen molar-refractivity contribution in [2.24, 2.45) is 33.8 Å². The fourth-order valence-electron chi connectivity index (χ4n) is 3.40. The van der Waals surface area contributed by atoms with Gasteiger partial charge in [0.1, 0.15) is 18.1 Å². The van der Waals surface area contributed by atoms with Crippen LogP contribution in [0.2, 0.25) is 0 Å². The van der Waals surface area contributed by atoms with Gasteiger partial charge in [0.2, 0.25) is 17.7 Å². The second kappa shape index (κ2) is 19.5. The third-order valence-corrected chi connectivity index (χ3v) is 6.55. The summed E-state index contributed by atoms with van der Waals surface area (Å²) >= 11 is 1.49. The summed E-state index contributed by atoms with van der Waals surface area (Å²) in [5.74, 6) is -2.51. The number of amides is 3. The molecule has 0 aromatic heterocycles. The lowest BCUT2D eigenvalue weighted by atomic mass is 9.97. The molecule has 3 amide bonds. The molecule has 0 aliphatic carbocycles. The Bertz CT molecular complexity index is 751. The highest BCUT2D eigenvalue weighted by atomic mass is 32.2. The molecule has 5 unspecified atom stereocenters. The van der Waals surface area contributed by atoms with Crippen LogP contribution in [0, 0.1) is 5.92 Å². The van der Waals surface area contributed by atoms with Crippen molar-refractivity contribution in [1.82, 2.24) is 16.0 Å². The van der Waals surface area contributed by atoms with Crippen LogP contribution in [-0.4, -0.2) is 84.0 Å². The summed E-state index contributed by atoms with van der Waals surface area (Å²) < 4.78 is 0. The predicted octanol–water partition coefficient (Wildman–Crippen LogP) is -1.17. The second-order valence-corrected chi connectivity index (χ2v) is 9.94. The molecule has 0 heterocycles. The Morgan fingerprint density at radius 2 is 1.57 bits per heavy atom. The first-order valence-electron chi connectivity index (χ1n) is 12.6. The largest absolute Gasteiger partial charge is 0.480 e. The lowest BCUT2D eigenvalue weighted by Crippen LogP contribution is -2.58.